The first-order valence-electron chi connectivity index (χ1n) is 5.58. The predicted molar refractivity (Wildman–Crippen MR) is 68.1 cm³/mol. The largest absolute Gasteiger partial charge is 0.343 e. The molecule has 0 atom stereocenters. The van der Waals surface area contributed by atoms with Crippen LogP contribution in [0.15, 0.2) is 24.5 Å². The van der Waals surface area contributed by atoms with Gasteiger partial charge >= 0.3 is 0 Å². The van der Waals surface area contributed by atoms with Crippen LogP contribution in [0.5, 0.6) is 0 Å². The Labute approximate surface area is 104 Å². The third-order valence-electron chi connectivity index (χ3n) is 2.89. The molecule has 2 aromatic heterocycles. The Morgan fingerprint density at radius 3 is 3.12 bits per heavy atom. The monoisotopic (exact) mass is 244 g/mol. The standard InChI is InChI=1S/C12H12N4S/c17-12-9-7-14-5-3-10(9)15-11(16-12)8-2-1-4-13-6-8/h1-2,4,6,14H,3,5,7H2,(H,15,16,17). The van der Waals surface area contributed by atoms with E-state index < -0.39 is 0 Å². The molecule has 0 spiro atoms. The van der Waals surface area contributed by atoms with E-state index in [4.69, 9.17) is 12.2 Å². The summed E-state index contributed by atoms with van der Waals surface area (Å²) in [6, 6.07) is 3.88. The third-order valence-corrected chi connectivity index (χ3v) is 3.23. The molecule has 0 radical (unpaired) electrons. The summed E-state index contributed by atoms with van der Waals surface area (Å²) in [7, 11) is 0. The number of pyridine rings is 1. The number of rotatable bonds is 1. The van der Waals surface area contributed by atoms with Crippen molar-refractivity contribution < 1.29 is 0 Å². The second-order valence-corrected chi connectivity index (χ2v) is 4.40. The van der Waals surface area contributed by atoms with E-state index in [0.29, 0.717) is 4.64 Å². The van der Waals surface area contributed by atoms with Crippen LogP contribution in [0.3, 0.4) is 0 Å². The SMILES string of the molecule is S=c1nc(-c2cccnc2)[nH]c2c1CNCC2. The molecule has 3 heterocycles. The fourth-order valence-corrected chi connectivity index (χ4v) is 2.29. The van der Waals surface area contributed by atoms with E-state index >= 15 is 0 Å². The van der Waals surface area contributed by atoms with E-state index in [-0.39, 0.29) is 0 Å². The maximum Gasteiger partial charge on any atom is 0.140 e. The molecule has 0 bridgehead atoms. The first-order valence-corrected chi connectivity index (χ1v) is 5.98. The van der Waals surface area contributed by atoms with Crippen LogP contribution in [0.25, 0.3) is 11.4 Å². The topological polar surface area (TPSA) is 53.6 Å². The zero-order valence-corrected chi connectivity index (χ0v) is 10.0. The molecule has 0 fully saturated rings. The molecule has 1 aliphatic heterocycles. The number of fused-ring (bicyclic) bond motifs is 1. The highest BCUT2D eigenvalue weighted by atomic mass is 32.1. The van der Waals surface area contributed by atoms with E-state index in [0.717, 1.165) is 36.5 Å². The number of H-pyrrole nitrogens is 1. The number of hydrogen-bond acceptors (Lipinski definition) is 4. The molecule has 86 valence electrons. The molecule has 4 nitrogen and oxygen atoms in total. The van der Waals surface area contributed by atoms with Gasteiger partial charge in [-0.05, 0) is 12.1 Å². The zero-order valence-electron chi connectivity index (χ0n) is 9.23. The second-order valence-electron chi connectivity index (χ2n) is 4.02. The van der Waals surface area contributed by atoms with Crippen molar-refractivity contribution in [3.05, 3.63) is 40.4 Å². The van der Waals surface area contributed by atoms with Crippen LogP contribution in [-0.2, 0) is 13.0 Å². The molecule has 0 saturated carbocycles. The Kier molecular flexibility index (Phi) is 2.70. The first kappa shape index (κ1) is 10.6. The Morgan fingerprint density at radius 2 is 2.29 bits per heavy atom. The van der Waals surface area contributed by atoms with Crippen molar-refractivity contribution in [2.24, 2.45) is 0 Å². The lowest BCUT2D eigenvalue weighted by Gasteiger charge is -2.17. The quantitative estimate of drug-likeness (QED) is 0.752. The number of nitrogens with one attached hydrogen (secondary N) is 2. The lowest BCUT2D eigenvalue weighted by Crippen LogP contribution is -2.25. The smallest absolute Gasteiger partial charge is 0.140 e. The minimum absolute atomic E-state index is 0.685. The summed E-state index contributed by atoms with van der Waals surface area (Å²) in [5.41, 5.74) is 3.29. The van der Waals surface area contributed by atoms with Crippen LogP contribution in [0.1, 0.15) is 11.3 Å². The highest BCUT2D eigenvalue weighted by Crippen LogP contribution is 2.18. The highest BCUT2D eigenvalue weighted by Gasteiger charge is 2.13. The summed E-state index contributed by atoms with van der Waals surface area (Å²) in [5.74, 6) is 0.809. The van der Waals surface area contributed by atoms with Gasteiger partial charge in [0.15, 0.2) is 0 Å². The summed E-state index contributed by atoms with van der Waals surface area (Å²) < 4.78 is 0.685. The Bertz CT molecular complexity index is 591. The maximum absolute atomic E-state index is 5.33. The van der Waals surface area contributed by atoms with Crippen molar-refractivity contribution in [3.8, 4) is 11.4 Å². The van der Waals surface area contributed by atoms with Gasteiger partial charge in [-0.2, -0.15) is 0 Å². The number of nitrogens with zero attached hydrogens (tertiary/aromatic N) is 2. The fraction of sp³-hybridized carbons (Fsp3) is 0.250. The normalized spacial score (nSPS) is 14.4. The van der Waals surface area contributed by atoms with Crippen molar-refractivity contribution in [3.63, 3.8) is 0 Å². The summed E-state index contributed by atoms with van der Waals surface area (Å²) in [6.07, 6.45) is 4.51. The lowest BCUT2D eigenvalue weighted by atomic mass is 10.1. The van der Waals surface area contributed by atoms with E-state index in [2.05, 4.69) is 20.3 Å². The molecular weight excluding hydrogens is 232 g/mol. The van der Waals surface area contributed by atoms with Gasteiger partial charge in [0.05, 0.1) is 0 Å². The molecule has 0 unspecified atom stereocenters. The summed E-state index contributed by atoms with van der Waals surface area (Å²) in [6.45, 7) is 1.79. The van der Waals surface area contributed by atoms with E-state index in [1.54, 1.807) is 12.4 Å². The minimum Gasteiger partial charge on any atom is -0.343 e. The minimum atomic E-state index is 0.685. The molecule has 3 rings (SSSR count). The second kappa shape index (κ2) is 4.35. The number of aromatic amines is 1. The van der Waals surface area contributed by atoms with Crippen LogP contribution in [0.4, 0.5) is 0 Å². The molecule has 0 aromatic carbocycles. The third kappa shape index (κ3) is 1.99. The maximum atomic E-state index is 5.33. The van der Waals surface area contributed by atoms with Crippen molar-refractivity contribution in [2.75, 3.05) is 6.54 Å². The van der Waals surface area contributed by atoms with Gasteiger partial charge in [0.25, 0.3) is 0 Å². The molecule has 0 aliphatic carbocycles. The van der Waals surface area contributed by atoms with E-state index in [9.17, 15) is 0 Å². The van der Waals surface area contributed by atoms with Gasteiger partial charge in [-0.1, -0.05) is 12.2 Å². The molecule has 1 aliphatic rings. The first-order chi connectivity index (χ1) is 8.34. The van der Waals surface area contributed by atoms with Crippen molar-refractivity contribution >= 4 is 12.2 Å². The van der Waals surface area contributed by atoms with E-state index in [1.807, 2.05) is 12.1 Å². The Balaban J connectivity index is 2.14. The van der Waals surface area contributed by atoms with Gasteiger partial charge in [-0.3, -0.25) is 4.98 Å². The Hall–Kier alpha value is -1.59. The van der Waals surface area contributed by atoms with Crippen molar-refractivity contribution in [2.45, 2.75) is 13.0 Å². The van der Waals surface area contributed by atoms with Crippen LogP contribution in [0.2, 0.25) is 0 Å². The molecule has 2 aromatic rings. The fourth-order valence-electron chi connectivity index (χ4n) is 2.01. The van der Waals surface area contributed by atoms with Crippen LogP contribution < -0.4 is 5.32 Å². The highest BCUT2D eigenvalue weighted by molar-refractivity contribution is 7.71. The van der Waals surface area contributed by atoms with Gasteiger partial charge in [0.2, 0.25) is 0 Å². The summed E-state index contributed by atoms with van der Waals surface area (Å²) >= 11 is 5.33. The van der Waals surface area contributed by atoms with E-state index in [1.165, 1.54) is 5.69 Å². The number of aromatic nitrogens is 3. The van der Waals surface area contributed by atoms with Gasteiger partial charge in [-0.15, -0.1) is 0 Å². The number of hydrogen-bond donors (Lipinski definition) is 2. The van der Waals surface area contributed by atoms with Gasteiger partial charge < -0.3 is 10.3 Å². The van der Waals surface area contributed by atoms with Crippen molar-refractivity contribution in [1.82, 2.24) is 20.3 Å². The average molecular weight is 244 g/mol. The van der Waals surface area contributed by atoms with Crippen LogP contribution in [-0.4, -0.2) is 21.5 Å². The molecule has 2 N–H and O–H groups in total. The average Bonchev–Trinajstić information content (AvgIpc) is 2.40. The Morgan fingerprint density at radius 1 is 1.35 bits per heavy atom. The predicted octanol–water partition coefficient (Wildman–Crippen LogP) is 1.85. The van der Waals surface area contributed by atoms with Gasteiger partial charge in [-0.25, -0.2) is 4.98 Å². The molecule has 5 heteroatoms. The summed E-state index contributed by atoms with van der Waals surface area (Å²) in [4.78, 5) is 11.9. The molecular formula is C12H12N4S. The molecule has 0 amide bonds. The van der Waals surface area contributed by atoms with Crippen molar-refractivity contribution in [1.29, 1.82) is 0 Å². The lowest BCUT2D eigenvalue weighted by molar-refractivity contribution is 0.624. The zero-order chi connectivity index (χ0) is 11.7. The van der Waals surface area contributed by atoms with Gasteiger partial charge in [0.1, 0.15) is 10.5 Å². The molecule has 0 saturated heterocycles. The van der Waals surface area contributed by atoms with Crippen LogP contribution in [0, 0.1) is 4.64 Å². The molecule has 17 heavy (non-hydrogen) atoms. The van der Waals surface area contributed by atoms with Gasteiger partial charge in [0, 0.05) is 48.7 Å². The van der Waals surface area contributed by atoms with Crippen LogP contribution >= 0.6 is 12.2 Å². The summed E-state index contributed by atoms with van der Waals surface area (Å²) in [5, 5.41) is 3.30.